The van der Waals surface area contributed by atoms with Gasteiger partial charge in [0.1, 0.15) is 12.3 Å². The van der Waals surface area contributed by atoms with Gasteiger partial charge in [0.05, 0.1) is 31.4 Å². The molecule has 0 unspecified atom stereocenters. The number of carbonyl (C=O) groups excluding carboxylic acids is 1. The van der Waals surface area contributed by atoms with Crippen LogP contribution in [0.5, 0.6) is 17.2 Å². The van der Waals surface area contributed by atoms with Gasteiger partial charge in [0, 0.05) is 11.8 Å². The molecule has 220 valence electrons. The summed E-state index contributed by atoms with van der Waals surface area (Å²) < 4.78 is 44.9. The molecule has 1 saturated carbocycles. The van der Waals surface area contributed by atoms with Crippen molar-refractivity contribution in [3.8, 4) is 17.2 Å². The smallest absolute Gasteiger partial charge is 0.264 e. The summed E-state index contributed by atoms with van der Waals surface area (Å²) >= 11 is 0. The largest absolute Gasteiger partial charge is 0.494 e. The van der Waals surface area contributed by atoms with E-state index in [0.717, 1.165) is 48.5 Å². The van der Waals surface area contributed by atoms with E-state index in [2.05, 4.69) is 10.5 Å². The van der Waals surface area contributed by atoms with Crippen molar-refractivity contribution in [3.63, 3.8) is 0 Å². The molecule has 2 aromatic carbocycles. The molecular weight excluding hydrogens is 530 g/mol. The van der Waals surface area contributed by atoms with Gasteiger partial charge < -0.3 is 14.2 Å². The number of hydrogen-bond donors (Lipinski definition) is 1. The zero-order chi connectivity index (χ0) is 28.8. The molecule has 1 fully saturated rings. The Hall–Kier alpha value is -3.27. The zero-order valence-corrected chi connectivity index (χ0v) is 24.8. The lowest BCUT2D eigenvalue weighted by Gasteiger charge is -2.24. The summed E-state index contributed by atoms with van der Waals surface area (Å²) in [7, 11) is -1.24. The predicted molar refractivity (Wildman–Crippen MR) is 158 cm³/mol. The van der Waals surface area contributed by atoms with Crippen molar-refractivity contribution >= 4 is 27.3 Å². The van der Waals surface area contributed by atoms with Crippen LogP contribution >= 0.6 is 0 Å². The van der Waals surface area contributed by atoms with Gasteiger partial charge in [0.15, 0.2) is 11.5 Å². The van der Waals surface area contributed by atoms with Gasteiger partial charge in [-0.05, 0) is 69.0 Å². The molecule has 1 aliphatic carbocycles. The number of anilines is 1. The monoisotopic (exact) mass is 573 g/mol. The number of hydrazone groups is 1. The van der Waals surface area contributed by atoms with Crippen LogP contribution < -0.4 is 23.9 Å². The molecule has 0 atom stereocenters. The first-order valence-corrected chi connectivity index (χ1v) is 15.6. The predicted octanol–water partition coefficient (Wildman–Crippen LogP) is 6.07. The maximum absolute atomic E-state index is 13.9. The molecule has 1 N–H and O–H groups in total. The molecule has 9 nitrogen and oxygen atoms in total. The van der Waals surface area contributed by atoms with Crippen molar-refractivity contribution in [2.45, 2.75) is 82.4 Å². The summed E-state index contributed by atoms with van der Waals surface area (Å²) in [6.07, 6.45) is 12.4. The van der Waals surface area contributed by atoms with Gasteiger partial charge >= 0.3 is 0 Å². The summed E-state index contributed by atoms with van der Waals surface area (Å²) in [5.74, 6) is 0.762. The third-order valence-electron chi connectivity index (χ3n) is 6.94. The Morgan fingerprint density at radius 2 is 1.43 bits per heavy atom. The fourth-order valence-electron chi connectivity index (χ4n) is 4.73. The Morgan fingerprint density at radius 1 is 0.850 bits per heavy atom. The minimum atomic E-state index is -4.15. The Kier molecular flexibility index (Phi) is 12.6. The van der Waals surface area contributed by atoms with Crippen LogP contribution in [-0.4, -0.2) is 47.4 Å². The van der Waals surface area contributed by atoms with Crippen molar-refractivity contribution in [2.75, 3.05) is 31.7 Å². The molecule has 0 aromatic heterocycles. The van der Waals surface area contributed by atoms with Crippen LogP contribution in [0.2, 0.25) is 0 Å². The van der Waals surface area contributed by atoms with Crippen molar-refractivity contribution in [3.05, 3.63) is 42.5 Å². The van der Waals surface area contributed by atoms with E-state index in [4.69, 9.17) is 14.2 Å². The van der Waals surface area contributed by atoms with Crippen molar-refractivity contribution < 1.29 is 27.4 Å². The average Bonchev–Trinajstić information content (AvgIpc) is 2.96. The van der Waals surface area contributed by atoms with Gasteiger partial charge in [-0.25, -0.2) is 13.8 Å². The number of carbonyl (C=O) groups is 1. The average molecular weight is 574 g/mol. The highest BCUT2D eigenvalue weighted by molar-refractivity contribution is 7.92. The second kappa shape index (κ2) is 16.1. The number of methoxy groups -OCH3 is 2. The highest BCUT2D eigenvalue weighted by Gasteiger charge is 2.28. The van der Waals surface area contributed by atoms with Crippen LogP contribution in [0.1, 0.15) is 77.6 Å². The minimum Gasteiger partial charge on any atom is -0.494 e. The molecule has 1 aliphatic rings. The van der Waals surface area contributed by atoms with E-state index >= 15 is 0 Å². The first-order chi connectivity index (χ1) is 19.4. The summed E-state index contributed by atoms with van der Waals surface area (Å²) in [5, 5.41) is 4.44. The maximum atomic E-state index is 13.9. The number of rotatable bonds is 10. The van der Waals surface area contributed by atoms with Crippen molar-refractivity contribution in [1.82, 2.24) is 5.43 Å². The Labute approximate surface area is 238 Å². The number of nitrogens with one attached hydrogen (secondary N) is 1. The lowest BCUT2D eigenvalue weighted by atomic mass is 10.00. The molecule has 0 aliphatic heterocycles. The van der Waals surface area contributed by atoms with Crippen LogP contribution in [0.3, 0.4) is 0 Å². The third-order valence-corrected chi connectivity index (χ3v) is 8.71. The van der Waals surface area contributed by atoms with Gasteiger partial charge in [-0.2, -0.15) is 5.10 Å². The van der Waals surface area contributed by atoms with Crippen LogP contribution in [0, 0.1) is 0 Å². The Balaban J connectivity index is 1.84. The van der Waals surface area contributed by atoms with E-state index < -0.39 is 22.5 Å². The normalized spacial score (nSPS) is 15.2. The Morgan fingerprint density at radius 3 is 1.98 bits per heavy atom. The topological polar surface area (TPSA) is 107 Å². The summed E-state index contributed by atoms with van der Waals surface area (Å²) in [6.45, 7) is 1.91. The van der Waals surface area contributed by atoms with Gasteiger partial charge in [0.2, 0.25) is 0 Å². The fraction of sp³-hybridized carbons (Fsp3) is 0.533. The van der Waals surface area contributed by atoms with E-state index in [1.165, 1.54) is 64.5 Å². The molecule has 0 heterocycles. The molecule has 10 heteroatoms. The number of nitrogens with zero attached hydrogens (tertiary/aromatic N) is 2. The van der Waals surface area contributed by atoms with E-state index in [-0.39, 0.29) is 10.6 Å². The zero-order valence-electron chi connectivity index (χ0n) is 24.0. The molecule has 0 saturated heterocycles. The quantitative estimate of drug-likeness (QED) is 0.346. The van der Waals surface area contributed by atoms with Crippen molar-refractivity contribution in [1.29, 1.82) is 0 Å². The summed E-state index contributed by atoms with van der Waals surface area (Å²) in [6, 6.07) is 10.9. The standard InChI is InChI=1S/C30H43N3O6S/c1-4-39-26-18-16-25(17-19-26)33(40(35,36)27-20-21-28(37-2)29(22-27)38-3)23-30(34)32-31-24-14-12-10-8-6-5-7-9-11-13-15-24/h16-22H,4-15,23H2,1-3H3,(H,32,34). The second-order valence-electron chi connectivity index (χ2n) is 9.85. The molecule has 0 spiro atoms. The fourth-order valence-corrected chi connectivity index (χ4v) is 6.17. The SMILES string of the molecule is CCOc1ccc(N(CC(=O)NN=C2CCCCCCCCCCC2)S(=O)(=O)c2ccc(OC)c(OC)c2)cc1. The van der Waals surface area contributed by atoms with E-state index in [1.54, 1.807) is 24.3 Å². The molecule has 40 heavy (non-hydrogen) atoms. The molecule has 0 radical (unpaired) electrons. The van der Waals surface area contributed by atoms with E-state index in [0.29, 0.717) is 23.8 Å². The van der Waals surface area contributed by atoms with E-state index in [9.17, 15) is 13.2 Å². The lowest BCUT2D eigenvalue weighted by Crippen LogP contribution is -2.39. The number of hydrogen-bond acceptors (Lipinski definition) is 7. The number of benzene rings is 2. The van der Waals surface area contributed by atoms with Crippen LogP contribution in [0.4, 0.5) is 5.69 Å². The number of ether oxygens (including phenoxy) is 3. The minimum absolute atomic E-state index is 0.0301. The molecule has 0 bridgehead atoms. The Bertz CT molecular complexity index is 1200. The molecule has 1 amide bonds. The maximum Gasteiger partial charge on any atom is 0.264 e. The van der Waals surface area contributed by atoms with Gasteiger partial charge in [0.25, 0.3) is 15.9 Å². The van der Waals surface area contributed by atoms with Crippen LogP contribution in [0.25, 0.3) is 0 Å². The highest BCUT2D eigenvalue weighted by Crippen LogP contribution is 2.32. The van der Waals surface area contributed by atoms with Gasteiger partial charge in [-0.3, -0.25) is 9.10 Å². The van der Waals surface area contributed by atoms with Crippen LogP contribution in [-0.2, 0) is 14.8 Å². The number of amides is 1. The molecule has 3 rings (SSSR count). The molecule has 2 aromatic rings. The first-order valence-electron chi connectivity index (χ1n) is 14.2. The van der Waals surface area contributed by atoms with E-state index in [1.807, 2.05) is 6.92 Å². The molecular formula is C30H43N3O6S. The second-order valence-corrected chi connectivity index (χ2v) is 11.7. The first kappa shape index (κ1) is 31.3. The third kappa shape index (κ3) is 9.15. The van der Waals surface area contributed by atoms with Crippen molar-refractivity contribution in [2.24, 2.45) is 5.10 Å². The lowest BCUT2D eigenvalue weighted by molar-refractivity contribution is -0.119. The van der Waals surface area contributed by atoms with Gasteiger partial charge in [-0.15, -0.1) is 0 Å². The summed E-state index contributed by atoms with van der Waals surface area (Å²) in [4.78, 5) is 13.1. The van der Waals surface area contributed by atoms with Crippen LogP contribution in [0.15, 0.2) is 52.5 Å². The number of sulfonamides is 1. The summed E-state index contributed by atoms with van der Waals surface area (Å²) in [5.41, 5.74) is 3.92. The van der Waals surface area contributed by atoms with Gasteiger partial charge in [-0.1, -0.05) is 44.9 Å². The highest BCUT2D eigenvalue weighted by atomic mass is 32.2.